The quantitative estimate of drug-likeness (QED) is 0.166. The molecule has 2 aliphatic rings. The van der Waals surface area contributed by atoms with Crippen LogP contribution >= 0.6 is 0 Å². The van der Waals surface area contributed by atoms with Gasteiger partial charge in [-0.05, 0) is 97.1 Å². The fraction of sp³-hybridized carbons (Fsp3) is 0.111. The number of nitrogens with zero attached hydrogens (tertiary/aromatic N) is 1. The van der Waals surface area contributed by atoms with Crippen LogP contribution in [0.4, 0.5) is 17.1 Å². The topological polar surface area (TPSA) is 3.24 Å². The summed E-state index contributed by atoms with van der Waals surface area (Å²) >= 11 is 0. The lowest BCUT2D eigenvalue weighted by Gasteiger charge is -2.32. The number of benzene rings is 8. The molecule has 8 aromatic rings. The minimum Gasteiger partial charge on any atom is -0.309 e. The third kappa shape index (κ3) is 5.14. The van der Waals surface area contributed by atoms with Gasteiger partial charge >= 0.3 is 0 Å². The smallest absolute Gasteiger partial charge is 0.0546 e. The molecule has 10 rings (SSSR count). The van der Waals surface area contributed by atoms with Gasteiger partial charge in [-0.25, -0.2) is 0 Å². The first-order valence-corrected chi connectivity index (χ1v) is 19.4. The fourth-order valence-electron chi connectivity index (χ4n) is 9.53. The number of para-hydroxylation sites is 1. The van der Waals surface area contributed by atoms with Crippen LogP contribution in [0.3, 0.4) is 0 Å². The Hall–Kier alpha value is -6.44. The van der Waals surface area contributed by atoms with Crippen molar-refractivity contribution in [2.24, 2.45) is 0 Å². The van der Waals surface area contributed by atoms with E-state index >= 15 is 0 Å². The van der Waals surface area contributed by atoms with Crippen LogP contribution in [-0.2, 0) is 10.8 Å². The van der Waals surface area contributed by atoms with Gasteiger partial charge < -0.3 is 4.90 Å². The Morgan fingerprint density at radius 3 is 1.53 bits per heavy atom. The predicted octanol–water partition coefficient (Wildman–Crippen LogP) is 14.8. The third-order valence-corrected chi connectivity index (χ3v) is 12.3. The molecule has 0 bridgehead atoms. The van der Waals surface area contributed by atoms with Crippen molar-refractivity contribution in [2.75, 3.05) is 4.90 Å². The zero-order valence-electron chi connectivity index (χ0n) is 31.8. The number of anilines is 3. The molecule has 8 aromatic carbocycles. The second-order valence-corrected chi connectivity index (χ2v) is 16.1. The Morgan fingerprint density at radius 1 is 0.309 bits per heavy atom. The first kappa shape index (κ1) is 33.2. The molecule has 0 heterocycles. The minimum atomic E-state index is -0.137. The molecule has 264 valence electrons. The summed E-state index contributed by atoms with van der Waals surface area (Å²) in [4.78, 5) is 2.52. The number of rotatable bonds is 6. The molecule has 2 aliphatic carbocycles. The van der Waals surface area contributed by atoms with Gasteiger partial charge in [0.05, 0.1) is 11.4 Å². The first-order chi connectivity index (χ1) is 26.8. The Bertz CT molecular complexity index is 2750. The average molecular weight is 706 g/mol. The highest BCUT2D eigenvalue weighted by Gasteiger charge is 2.37. The van der Waals surface area contributed by atoms with Crippen LogP contribution in [-0.4, -0.2) is 0 Å². The summed E-state index contributed by atoms with van der Waals surface area (Å²) in [7, 11) is 0. The summed E-state index contributed by atoms with van der Waals surface area (Å²) in [6.45, 7) is 9.45. The van der Waals surface area contributed by atoms with Crippen LogP contribution < -0.4 is 4.90 Å². The highest BCUT2D eigenvalue weighted by molar-refractivity contribution is 6.00. The lowest BCUT2D eigenvalue weighted by molar-refractivity contribution is 0.660. The van der Waals surface area contributed by atoms with Gasteiger partial charge in [-0.2, -0.15) is 0 Å². The van der Waals surface area contributed by atoms with E-state index in [9.17, 15) is 0 Å². The molecule has 0 atom stereocenters. The van der Waals surface area contributed by atoms with Gasteiger partial charge in [0.2, 0.25) is 0 Å². The van der Waals surface area contributed by atoms with Crippen LogP contribution in [0.25, 0.3) is 55.6 Å². The average Bonchev–Trinajstić information content (AvgIpc) is 3.60. The van der Waals surface area contributed by atoms with E-state index in [1.54, 1.807) is 0 Å². The molecular weight excluding hydrogens is 663 g/mol. The molecule has 55 heavy (non-hydrogen) atoms. The van der Waals surface area contributed by atoms with Crippen molar-refractivity contribution in [2.45, 2.75) is 38.5 Å². The van der Waals surface area contributed by atoms with E-state index in [1.807, 2.05) is 0 Å². The molecule has 0 amide bonds. The molecule has 0 unspecified atom stereocenters. The predicted molar refractivity (Wildman–Crippen MR) is 233 cm³/mol. The summed E-state index contributed by atoms with van der Waals surface area (Å²) in [5.41, 5.74) is 21.3. The van der Waals surface area contributed by atoms with E-state index in [-0.39, 0.29) is 10.8 Å². The van der Waals surface area contributed by atoms with Gasteiger partial charge in [-0.1, -0.05) is 185 Å². The summed E-state index contributed by atoms with van der Waals surface area (Å²) in [5.74, 6) is 0. The Kier molecular flexibility index (Phi) is 7.58. The Morgan fingerprint density at radius 2 is 0.818 bits per heavy atom. The number of hydrogen-bond acceptors (Lipinski definition) is 1. The van der Waals surface area contributed by atoms with Gasteiger partial charge in [-0.15, -0.1) is 0 Å². The van der Waals surface area contributed by atoms with Crippen molar-refractivity contribution in [3.05, 3.63) is 210 Å². The van der Waals surface area contributed by atoms with Crippen LogP contribution in [0, 0.1) is 0 Å². The molecule has 0 aliphatic heterocycles. The van der Waals surface area contributed by atoms with Crippen molar-refractivity contribution in [1.29, 1.82) is 0 Å². The molecular formula is C54H43N. The first-order valence-electron chi connectivity index (χ1n) is 19.4. The number of fused-ring (bicyclic) bond motifs is 6. The maximum absolute atomic E-state index is 2.52. The maximum Gasteiger partial charge on any atom is 0.0546 e. The fourth-order valence-corrected chi connectivity index (χ4v) is 9.53. The van der Waals surface area contributed by atoms with Crippen molar-refractivity contribution in [3.63, 3.8) is 0 Å². The van der Waals surface area contributed by atoms with Crippen LogP contribution in [0.5, 0.6) is 0 Å². The van der Waals surface area contributed by atoms with E-state index in [0.29, 0.717) is 0 Å². The second-order valence-electron chi connectivity index (χ2n) is 16.1. The normalized spacial score (nSPS) is 14.1. The minimum absolute atomic E-state index is 0.0483. The van der Waals surface area contributed by atoms with E-state index in [4.69, 9.17) is 0 Å². The molecule has 1 heteroatoms. The highest BCUT2D eigenvalue weighted by atomic mass is 15.1. The molecule has 0 spiro atoms. The Balaban J connectivity index is 1.25. The van der Waals surface area contributed by atoms with E-state index in [2.05, 4.69) is 221 Å². The molecule has 0 saturated heterocycles. The number of hydrogen-bond donors (Lipinski definition) is 0. The van der Waals surface area contributed by atoms with Gasteiger partial charge in [-0.3, -0.25) is 0 Å². The molecule has 0 saturated carbocycles. The van der Waals surface area contributed by atoms with Crippen LogP contribution in [0.1, 0.15) is 49.9 Å². The van der Waals surface area contributed by atoms with Crippen LogP contribution in [0.15, 0.2) is 188 Å². The van der Waals surface area contributed by atoms with Crippen molar-refractivity contribution in [1.82, 2.24) is 0 Å². The van der Waals surface area contributed by atoms with Gasteiger partial charge in [0.15, 0.2) is 0 Å². The standard InChI is InChI=1S/C54H43N/c1-53(2)47-27-15-12-24-43(47)45-34-38(30-33-48(45)53)40-22-13-16-28-50(40)55(39-31-32-44-42-23-11-14-26-46(42)54(3,4)49(44)35-39)51-29-17-25-41(36-18-7-5-8-19-36)52(51)37-20-9-6-10-21-37/h5-35H,1-4H3. The largest absolute Gasteiger partial charge is 0.309 e. The van der Waals surface area contributed by atoms with E-state index in [0.717, 1.165) is 17.1 Å². The monoisotopic (exact) mass is 705 g/mol. The second kappa shape index (κ2) is 12.6. The molecule has 0 N–H and O–H groups in total. The summed E-state index contributed by atoms with van der Waals surface area (Å²) in [6.07, 6.45) is 0. The van der Waals surface area contributed by atoms with Crippen molar-refractivity contribution >= 4 is 17.1 Å². The summed E-state index contributed by atoms with van der Waals surface area (Å²) in [5, 5.41) is 0. The lowest BCUT2D eigenvalue weighted by Crippen LogP contribution is -2.17. The molecule has 0 radical (unpaired) electrons. The van der Waals surface area contributed by atoms with E-state index < -0.39 is 0 Å². The van der Waals surface area contributed by atoms with Gasteiger partial charge in [0, 0.05) is 27.6 Å². The molecule has 0 aromatic heterocycles. The van der Waals surface area contributed by atoms with Crippen molar-refractivity contribution < 1.29 is 0 Å². The Labute approximate surface area is 325 Å². The molecule has 0 fully saturated rings. The molecule has 1 nitrogen and oxygen atoms in total. The van der Waals surface area contributed by atoms with Gasteiger partial charge in [0.1, 0.15) is 0 Å². The van der Waals surface area contributed by atoms with E-state index in [1.165, 1.54) is 77.9 Å². The van der Waals surface area contributed by atoms with Crippen molar-refractivity contribution in [3.8, 4) is 55.6 Å². The summed E-state index contributed by atoms with van der Waals surface area (Å²) < 4.78 is 0. The van der Waals surface area contributed by atoms with Crippen LogP contribution in [0.2, 0.25) is 0 Å². The zero-order valence-corrected chi connectivity index (χ0v) is 31.8. The van der Waals surface area contributed by atoms with Gasteiger partial charge in [0.25, 0.3) is 0 Å². The highest BCUT2D eigenvalue weighted by Crippen LogP contribution is 2.54. The SMILES string of the molecule is CC1(C)c2ccccc2-c2cc(-c3ccccc3N(c3ccc4c(c3)C(C)(C)c3ccccc3-4)c3cccc(-c4ccccc4)c3-c3ccccc3)ccc21. The summed E-state index contributed by atoms with van der Waals surface area (Å²) in [6, 6.07) is 69.6. The third-order valence-electron chi connectivity index (χ3n) is 12.3. The maximum atomic E-state index is 2.52. The lowest BCUT2D eigenvalue weighted by atomic mass is 9.82. The zero-order chi connectivity index (χ0) is 37.3.